The van der Waals surface area contributed by atoms with Crippen molar-refractivity contribution in [3.05, 3.63) is 11.6 Å². The number of amides is 3. The van der Waals surface area contributed by atoms with Crippen molar-refractivity contribution < 1.29 is 19.8 Å². The van der Waals surface area contributed by atoms with Crippen molar-refractivity contribution in [2.75, 3.05) is 5.75 Å². The van der Waals surface area contributed by atoms with Gasteiger partial charge in [0.2, 0.25) is 5.91 Å². The fraction of sp³-hybridized carbons (Fsp3) is 0.857. The quantitative estimate of drug-likeness (QED) is 0.292. The first-order valence-electron chi connectivity index (χ1n) is 14.2. The average molecular weight is 518 g/mol. The molecule has 7 nitrogen and oxygen atoms in total. The molecule has 5 N–H and O–H groups in total. The first-order valence-corrected chi connectivity index (χ1v) is 15.2. The zero-order valence-corrected chi connectivity index (χ0v) is 22.7. The molecule has 5 unspecified atom stereocenters. The van der Waals surface area contributed by atoms with Crippen LogP contribution in [0.2, 0.25) is 0 Å². The van der Waals surface area contributed by atoms with E-state index in [1.54, 1.807) is 17.3 Å². The third-order valence-corrected chi connectivity index (χ3v) is 13.1. The van der Waals surface area contributed by atoms with Gasteiger partial charge in [0.1, 0.15) is 0 Å². The molecule has 0 bridgehead atoms. The molecule has 3 amide bonds. The minimum Gasteiger partial charge on any atom is -0.390 e. The number of hydrogen-bond acceptors (Lipinski definition) is 5. The van der Waals surface area contributed by atoms with Gasteiger partial charge in [-0.15, -0.1) is 0 Å². The summed E-state index contributed by atoms with van der Waals surface area (Å²) in [6.45, 7) is 6.91. The van der Waals surface area contributed by atoms with Gasteiger partial charge in [0.15, 0.2) is 0 Å². The smallest absolute Gasteiger partial charge is 0.315 e. The van der Waals surface area contributed by atoms with Gasteiger partial charge in [-0.25, -0.2) is 4.79 Å². The van der Waals surface area contributed by atoms with Crippen LogP contribution < -0.4 is 16.0 Å². The fourth-order valence-electron chi connectivity index (χ4n) is 9.75. The van der Waals surface area contributed by atoms with E-state index >= 15 is 0 Å². The van der Waals surface area contributed by atoms with E-state index in [1.807, 2.05) is 0 Å². The summed E-state index contributed by atoms with van der Waals surface area (Å²) in [7, 11) is 0. The fourth-order valence-corrected chi connectivity index (χ4v) is 11.2. The molecule has 4 aliphatic carbocycles. The van der Waals surface area contributed by atoms with Crippen molar-refractivity contribution in [1.29, 1.82) is 0 Å². The summed E-state index contributed by atoms with van der Waals surface area (Å²) >= 11 is 1.75. The minimum absolute atomic E-state index is 0.00111. The Morgan fingerprint density at radius 3 is 2.69 bits per heavy atom. The number of carbonyl (C=O) groups excluding carboxylic acids is 2. The largest absolute Gasteiger partial charge is 0.390 e. The monoisotopic (exact) mass is 517 g/mol. The molecule has 0 radical (unpaired) electrons. The number of rotatable bonds is 3. The van der Waals surface area contributed by atoms with E-state index in [4.69, 9.17) is 0 Å². The normalized spacial score (nSPS) is 52.6. The van der Waals surface area contributed by atoms with Gasteiger partial charge < -0.3 is 26.2 Å². The molecule has 6 fully saturated rings. The van der Waals surface area contributed by atoms with Gasteiger partial charge >= 0.3 is 6.03 Å². The SMILES string of the molecule is C/C=C1/CCC2C3C(O)[C@H](O)C4C[C@@H](NC(=O)C[C@@H]5SC[C@@H]6NC(=O)N[C@@H]65)CC[C@]4(C)C3CC[C@]12C. The zero-order chi connectivity index (χ0) is 25.4. The first kappa shape index (κ1) is 25.1. The second-order valence-corrected chi connectivity index (χ2v) is 14.3. The maximum atomic E-state index is 13.0. The third-order valence-electron chi connectivity index (χ3n) is 11.6. The van der Waals surface area contributed by atoms with E-state index in [-0.39, 0.29) is 58.0 Å². The average Bonchev–Trinajstić information content (AvgIpc) is 3.50. The van der Waals surface area contributed by atoms with Crippen LogP contribution in [0.5, 0.6) is 0 Å². The highest BCUT2D eigenvalue weighted by molar-refractivity contribution is 8.00. The van der Waals surface area contributed by atoms with Crippen molar-refractivity contribution in [2.45, 2.75) is 108 Å². The van der Waals surface area contributed by atoms with Crippen LogP contribution in [0.3, 0.4) is 0 Å². The van der Waals surface area contributed by atoms with Gasteiger partial charge in [0.05, 0.1) is 24.3 Å². The summed E-state index contributed by atoms with van der Waals surface area (Å²) in [6.07, 6.45) is 8.45. The van der Waals surface area contributed by atoms with Crippen LogP contribution in [-0.4, -0.2) is 63.5 Å². The number of urea groups is 1. The Morgan fingerprint density at radius 2 is 1.92 bits per heavy atom. The van der Waals surface area contributed by atoms with Crippen LogP contribution in [0, 0.1) is 34.5 Å². The third kappa shape index (κ3) is 3.68. The molecule has 2 heterocycles. The maximum absolute atomic E-state index is 13.0. The van der Waals surface area contributed by atoms with Gasteiger partial charge in [-0.2, -0.15) is 11.8 Å². The van der Waals surface area contributed by atoms with Crippen LogP contribution in [0.1, 0.15) is 72.1 Å². The van der Waals surface area contributed by atoms with Crippen LogP contribution in [0.4, 0.5) is 4.79 Å². The van der Waals surface area contributed by atoms with Crippen molar-refractivity contribution in [3.8, 4) is 0 Å². The summed E-state index contributed by atoms with van der Waals surface area (Å²) in [6, 6.07) is 0.0323. The number of hydrogen-bond donors (Lipinski definition) is 5. The Kier molecular flexibility index (Phi) is 6.20. The van der Waals surface area contributed by atoms with E-state index < -0.39 is 12.2 Å². The standard InChI is InChI=1S/C28H43N3O4S/c1-4-14-5-6-16-22-17(8-10-27(14,16)2)28(3)9-7-15(11-18(28)24(33)25(22)34)29-21(32)12-20-23-19(13-36-20)30-26(35)31-23/h4,15-20,22-25,33-34H,5-13H2,1-3H3,(H,29,32)(H2,30,31,35)/b14-4-/t15-,16?,17?,18?,19-,20-,22?,23-,24+,25?,27+,28+/m0/s1. The topological polar surface area (TPSA) is 111 Å². The lowest BCUT2D eigenvalue weighted by Crippen LogP contribution is -2.64. The number of nitrogens with one attached hydrogen (secondary N) is 3. The van der Waals surface area contributed by atoms with Crippen molar-refractivity contribution in [1.82, 2.24) is 16.0 Å². The summed E-state index contributed by atoms with van der Waals surface area (Å²) in [5.74, 6) is 1.91. The van der Waals surface area contributed by atoms with Crippen LogP contribution in [0.15, 0.2) is 11.6 Å². The van der Waals surface area contributed by atoms with Crippen LogP contribution in [0.25, 0.3) is 0 Å². The molecule has 2 aliphatic heterocycles. The molecule has 0 aromatic rings. The Hall–Kier alpha value is -1.25. The molecule has 12 atom stereocenters. The van der Waals surface area contributed by atoms with Crippen molar-refractivity contribution >= 4 is 23.7 Å². The van der Waals surface area contributed by atoms with E-state index in [0.717, 1.165) is 44.3 Å². The highest BCUT2D eigenvalue weighted by Gasteiger charge is 2.64. The van der Waals surface area contributed by atoms with Gasteiger partial charge in [-0.1, -0.05) is 25.5 Å². The van der Waals surface area contributed by atoms with Gasteiger partial charge in [-0.05, 0) is 86.4 Å². The Balaban J connectivity index is 1.13. The molecule has 8 heteroatoms. The molecular weight excluding hydrogens is 474 g/mol. The lowest BCUT2D eigenvalue weighted by Gasteiger charge is -2.63. The molecule has 0 aromatic carbocycles. The van der Waals surface area contributed by atoms with Gasteiger partial charge in [0, 0.05) is 23.5 Å². The molecule has 4 saturated carbocycles. The van der Waals surface area contributed by atoms with E-state index in [1.165, 1.54) is 6.42 Å². The van der Waals surface area contributed by atoms with Crippen LogP contribution in [-0.2, 0) is 4.79 Å². The van der Waals surface area contributed by atoms with Crippen molar-refractivity contribution in [3.63, 3.8) is 0 Å². The maximum Gasteiger partial charge on any atom is 0.315 e. The van der Waals surface area contributed by atoms with Crippen LogP contribution >= 0.6 is 11.8 Å². The molecule has 6 aliphatic rings. The second-order valence-electron chi connectivity index (χ2n) is 13.1. The predicted octanol–water partition coefficient (Wildman–Crippen LogP) is 2.96. The summed E-state index contributed by atoms with van der Waals surface area (Å²) in [5.41, 5.74) is 1.71. The molecule has 36 heavy (non-hydrogen) atoms. The van der Waals surface area contributed by atoms with E-state index in [9.17, 15) is 19.8 Å². The van der Waals surface area contributed by atoms with Gasteiger partial charge in [-0.3, -0.25) is 4.79 Å². The number of fused-ring (bicyclic) bond motifs is 6. The second kappa shape index (κ2) is 8.91. The highest BCUT2D eigenvalue weighted by Crippen LogP contribution is 2.67. The predicted molar refractivity (Wildman–Crippen MR) is 140 cm³/mol. The van der Waals surface area contributed by atoms with E-state index in [0.29, 0.717) is 18.3 Å². The van der Waals surface area contributed by atoms with Crippen molar-refractivity contribution in [2.24, 2.45) is 34.5 Å². The lowest BCUT2D eigenvalue weighted by atomic mass is 9.43. The summed E-state index contributed by atoms with van der Waals surface area (Å²) < 4.78 is 0. The number of carbonyl (C=O) groups is 2. The molecule has 0 aromatic heterocycles. The number of thioether (sulfide) groups is 1. The molecule has 0 spiro atoms. The molecule has 6 rings (SSSR count). The first-order chi connectivity index (χ1) is 17.2. The summed E-state index contributed by atoms with van der Waals surface area (Å²) in [4.78, 5) is 24.7. The Bertz CT molecular complexity index is 959. The number of aliphatic hydroxyl groups excluding tert-OH is 2. The number of aliphatic hydroxyl groups is 2. The lowest BCUT2D eigenvalue weighted by molar-refractivity contribution is -0.211. The summed E-state index contributed by atoms with van der Waals surface area (Å²) in [5, 5.41) is 32.3. The van der Waals surface area contributed by atoms with Gasteiger partial charge in [0.25, 0.3) is 0 Å². The van der Waals surface area contributed by atoms with E-state index in [2.05, 4.69) is 42.8 Å². The highest BCUT2D eigenvalue weighted by atomic mass is 32.2. The molecular formula is C28H43N3O4S. The number of allylic oxidation sites excluding steroid dienone is 2. The zero-order valence-electron chi connectivity index (χ0n) is 21.8. The molecule has 200 valence electrons. The Labute approximate surface area is 219 Å². The minimum atomic E-state index is -0.737. The Morgan fingerprint density at radius 1 is 1.11 bits per heavy atom. The molecule has 2 saturated heterocycles.